The largest absolute Gasteiger partial charge is 0.493 e. The SMILES string of the molecule is COc1ccc(C(=O)N2CCC(C(=O)c3nccs3)CC2)cc1OC. The summed E-state index contributed by atoms with van der Waals surface area (Å²) in [5.74, 6) is 1.10. The summed E-state index contributed by atoms with van der Waals surface area (Å²) < 4.78 is 10.5. The summed E-state index contributed by atoms with van der Waals surface area (Å²) in [6.07, 6.45) is 2.97. The number of hydrogen-bond acceptors (Lipinski definition) is 6. The molecular weight excluding hydrogens is 340 g/mol. The van der Waals surface area contributed by atoms with E-state index in [1.54, 1.807) is 43.5 Å². The second-order valence-electron chi connectivity index (χ2n) is 5.84. The number of thiazole rings is 1. The molecule has 1 fully saturated rings. The van der Waals surface area contributed by atoms with Gasteiger partial charge in [0.1, 0.15) is 0 Å². The fraction of sp³-hybridized carbons (Fsp3) is 0.389. The number of hydrogen-bond donors (Lipinski definition) is 0. The van der Waals surface area contributed by atoms with E-state index in [1.807, 2.05) is 5.38 Å². The van der Waals surface area contributed by atoms with E-state index in [1.165, 1.54) is 11.3 Å². The van der Waals surface area contributed by atoms with Crippen LogP contribution in [0.4, 0.5) is 0 Å². The van der Waals surface area contributed by atoms with Crippen LogP contribution < -0.4 is 9.47 Å². The van der Waals surface area contributed by atoms with Crippen molar-refractivity contribution in [2.24, 2.45) is 5.92 Å². The molecule has 2 heterocycles. The highest BCUT2D eigenvalue weighted by atomic mass is 32.1. The molecular formula is C18H20N2O4S. The van der Waals surface area contributed by atoms with Crippen LogP contribution in [0.2, 0.25) is 0 Å². The van der Waals surface area contributed by atoms with Crippen LogP contribution in [0.3, 0.4) is 0 Å². The average molecular weight is 360 g/mol. The third kappa shape index (κ3) is 3.66. The molecule has 25 heavy (non-hydrogen) atoms. The van der Waals surface area contributed by atoms with Crippen molar-refractivity contribution < 1.29 is 19.1 Å². The van der Waals surface area contributed by atoms with Gasteiger partial charge in [0.2, 0.25) is 0 Å². The molecule has 0 radical (unpaired) electrons. The van der Waals surface area contributed by atoms with Crippen LogP contribution >= 0.6 is 11.3 Å². The topological polar surface area (TPSA) is 68.7 Å². The van der Waals surface area contributed by atoms with Crippen molar-refractivity contribution in [2.45, 2.75) is 12.8 Å². The minimum atomic E-state index is -0.0550. The zero-order valence-electron chi connectivity index (χ0n) is 14.2. The molecule has 0 spiro atoms. The molecule has 0 saturated carbocycles. The van der Waals surface area contributed by atoms with Gasteiger partial charge >= 0.3 is 0 Å². The van der Waals surface area contributed by atoms with Crippen molar-refractivity contribution in [1.82, 2.24) is 9.88 Å². The summed E-state index contributed by atoms with van der Waals surface area (Å²) in [5.41, 5.74) is 0.558. The molecule has 0 unspecified atom stereocenters. The van der Waals surface area contributed by atoms with Crippen LogP contribution in [-0.2, 0) is 0 Å². The first-order valence-electron chi connectivity index (χ1n) is 8.09. The Morgan fingerprint density at radius 1 is 1.16 bits per heavy atom. The van der Waals surface area contributed by atoms with Crippen LogP contribution in [0.25, 0.3) is 0 Å². The van der Waals surface area contributed by atoms with Crippen LogP contribution in [0, 0.1) is 5.92 Å². The molecule has 1 aromatic carbocycles. The van der Waals surface area contributed by atoms with Crippen molar-refractivity contribution in [3.63, 3.8) is 0 Å². The number of aromatic nitrogens is 1. The molecule has 1 aromatic heterocycles. The molecule has 7 heteroatoms. The quantitative estimate of drug-likeness (QED) is 0.767. The summed E-state index contributed by atoms with van der Waals surface area (Å²) in [4.78, 5) is 31.0. The lowest BCUT2D eigenvalue weighted by atomic mass is 9.92. The van der Waals surface area contributed by atoms with E-state index in [-0.39, 0.29) is 17.6 Å². The lowest BCUT2D eigenvalue weighted by Gasteiger charge is -2.31. The summed E-state index contributed by atoms with van der Waals surface area (Å²) in [6, 6.07) is 5.15. The van der Waals surface area contributed by atoms with Gasteiger partial charge in [-0.05, 0) is 31.0 Å². The zero-order valence-corrected chi connectivity index (χ0v) is 15.0. The summed E-state index contributed by atoms with van der Waals surface area (Å²) in [5, 5.41) is 2.37. The molecule has 132 valence electrons. The van der Waals surface area contributed by atoms with Gasteiger partial charge in [0.05, 0.1) is 14.2 Å². The van der Waals surface area contributed by atoms with Gasteiger partial charge in [-0.2, -0.15) is 0 Å². The van der Waals surface area contributed by atoms with Crippen molar-refractivity contribution >= 4 is 23.0 Å². The molecule has 1 aliphatic heterocycles. The Balaban J connectivity index is 1.64. The second kappa shape index (κ2) is 7.65. The fourth-order valence-corrected chi connectivity index (χ4v) is 3.67. The van der Waals surface area contributed by atoms with Gasteiger partial charge in [-0.15, -0.1) is 11.3 Å². The first-order valence-corrected chi connectivity index (χ1v) is 8.97. The maximum absolute atomic E-state index is 12.7. The molecule has 1 aliphatic rings. The number of ketones is 1. The van der Waals surface area contributed by atoms with E-state index in [2.05, 4.69) is 4.98 Å². The fourth-order valence-electron chi connectivity index (χ4n) is 3.02. The van der Waals surface area contributed by atoms with E-state index >= 15 is 0 Å². The van der Waals surface area contributed by atoms with Gasteiger partial charge < -0.3 is 14.4 Å². The molecule has 1 saturated heterocycles. The molecule has 0 bridgehead atoms. The average Bonchev–Trinajstić information content (AvgIpc) is 3.21. The normalized spacial score (nSPS) is 15.0. The van der Waals surface area contributed by atoms with E-state index in [0.717, 1.165) is 0 Å². The Hall–Kier alpha value is -2.41. The number of Topliss-reactive ketones (excluding diaryl/α,β-unsaturated/α-hetero) is 1. The van der Waals surface area contributed by atoms with Crippen LogP contribution in [-0.4, -0.2) is 48.9 Å². The standard InChI is InChI=1S/C18H20N2O4S/c1-23-14-4-3-13(11-15(14)24-2)18(22)20-8-5-12(6-9-20)16(21)17-19-7-10-25-17/h3-4,7,10-12H,5-6,8-9H2,1-2H3. The number of methoxy groups -OCH3 is 2. The summed E-state index contributed by atoms with van der Waals surface area (Å²) in [7, 11) is 3.10. The highest BCUT2D eigenvalue weighted by Crippen LogP contribution is 2.29. The lowest BCUT2D eigenvalue weighted by molar-refractivity contribution is 0.0650. The maximum Gasteiger partial charge on any atom is 0.253 e. The van der Waals surface area contributed by atoms with E-state index in [4.69, 9.17) is 9.47 Å². The number of rotatable bonds is 5. The van der Waals surface area contributed by atoms with Crippen LogP contribution in [0.15, 0.2) is 29.8 Å². The van der Waals surface area contributed by atoms with Gasteiger partial charge in [0, 0.05) is 36.1 Å². The number of likely N-dealkylation sites (tertiary alicyclic amines) is 1. The Labute approximate surface area is 150 Å². The Kier molecular flexibility index (Phi) is 5.33. The minimum Gasteiger partial charge on any atom is -0.493 e. The number of carbonyl (C=O) groups excluding carboxylic acids is 2. The molecule has 6 nitrogen and oxygen atoms in total. The van der Waals surface area contributed by atoms with Crippen molar-refractivity contribution in [2.75, 3.05) is 27.3 Å². The predicted molar refractivity (Wildman–Crippen MR) is 94.6 cm³/mol. The molecule has 3 rings (SSSR count). The van der Waals surface area contributed by atoms with Crippen molar-refractivity contribution in [1.29, 1.82) is 0 Å². The first-order chi connectivity index (χ1) is 12.1. The molecule has 0 aliphatic carbocycles. The third-order valence-corrected chi connectivity index (χ3v) is 5.21. The second-order valence-corrected chi connectivity index (χ2v) is 6.73. The number of benzene rings is 1. The van der Waals surface area contributed by atoms with Gasteiger partial charge in [0.15, 0.2) is 22.3 Å². The lowest BCUT2D eigenvalue weighted by Crippen LogP contribution is -2.40. The molecule has 2 aromatic rings. The predicted octanol–water partition coefficient (Wildman–Crippen LogP) is 2.90. The van der Waals surface area contributed by atoms with Gasteiger partial charge in [-0.3, -0.25) is 9.59 Å². The van der Waals surface area contributed by atoms with Crippen LogP contribution in [0.5, 0.6) is 11.5 Å². The minimum absolute atomic E-state index is 0.0545. The smallest absolute Gasteiger partial charge is 0.253 e. The highest BCUT2D eigenvalue weighted by molar-refractivity contribution is 7.11. The maximum atomic E-state index is 12.7. The van der Waals surface area contributed by atoms with E-state index in [9.17, 15) is 9.59 Å². The van der Waals surface area contributed by atoms with Gasteiger partial charge in [-0.25, -0.2) is 4.98 Å². The van der Waals surface area contributed by atoms with Gasteiger partial charge in [-0.1, -0.05) is 0 Å². The first kappa shape index (κ1) is 17.4. The number of amides is 1. The molecule has 1 amide bonds. The van der Waals surface area contributed by atoms with Crippen LogP contribution in [0.1, 0.15) is 33.0 Å². The van der Waals surface area contributed by atoms with E-state index in [0.29, 0.717) is 48.0 Å². The monoisotopic (exact) mass is 360 g/mol. The Morgan fingerprint density at radius 3 is 2.48 bits per heavy atom. The number of carbonyl (C=O) groups is 2. The van der Waals surface area contributed by atoms with E-state index < -0.39 is 0 Å². The summed E-state index contributed by atoms with van der Waals surface area (Å²) in [6.45, 7) is 1.13. The zero-order chi connectivity index (χ0) is 17.8. The number of ether oxygens (including phenoxy) is 2. The Morgan fingerprint density at radius 2 is 1.88 bits per heavy atom. The number of nitrogens with zero attached hydrogens (tertiary/aromatic N) is 2. The van der Waals surface area contributed by atoms with Crippen molar-refractivity contribution in [3.05, 3.63) is 40.3 Å². The van der Waals surface area contributed by atoms with Crippen molar-refractivity contribution in [3.8, 4) is 11.5 Å². The third-order valence-electron chi connectivity index (χ3n) is 4.43. The highest BCUT2D eigenvalue weighted by Gasteiger charge is 2.29. The Bertz CT molecular complexity index is 752. The van der Waals surface area contributed by atoms with Gasteiger partial charge in [0.25, 0.3) is 5.91 Å². The molecule has 0 atom stereocenters. The molecule has 0 N–H and O–H groups in total. The summed E-state index contributed by atoms with van der Waals surface area (Å²) >= 11 is 1.37. The number of piperidine rings is 1.